The Balaban J connectivity index is 2.26. The highest BCUT2D eigenvalue weighted by molar-refractivity contribution is 9.10. The Kier molecular flexibility index (Phi) is 2.91. The summed E-state index contributed by atoms with van der Waals surface area (Å²) in [5.41, 5.74) is 6.58. The third kappa shape index (κ3) is 1.85. The lowest BCUT2D eigenvalue weighted by Crippen LogP contribution is -2.30. The van der Waals surface area contributed by atoms with Crippen LogP contribution in [0, 0.1) is 0 Å². The predicted molar refractivity (Wildman–Crippen MR) is 62.4 cm³/mol. The molecule has 0 unspecified atom stereocenters. The van der Waals surface area contributed by atoms with Gasteiger partial charge in [-0.1, -0.05) is 0 Å². The van der Waals surface area contributed by atoms with Gasteiger partial charge in [0.25, 0.3) is 0 Å². The second-order valence-corrected chi connectivity index (χ2v) is 4.38. The van der Waals surface area contributed by atoms with Gasteiger partial charge in [0.15, 0.2) is 0 Å². The first kappa shape index (κ1) is 9.77. The number of nitrogens with zero attached hydrogens (tertiary/aromatic N) is 2. The van der Waals surface area contributed by atoms with E-state index >= 15 is 0 Å². The molecule has 1 saturated heterocycles. The fraction of sp³-hybridized carbons (Fsp3) is 0.500. The molecule has 0 radical (unpaired) electrons. The standard InChI is InChI=1S/C10H14BrN3/c11-9-8(12)4-5-13-10(9)14-6-2-1-3-7-14/h4-5H,1-3,6-7H2,(H2,12,13). The zero-order valence-electron chi connectivity index (χ0n) is 8.04. The van der Waals surface area contributed by atoms with Gasteiger partial charge in [0.05, 0.1) is 10.2 Å². The molecule has 0 saturated carbocycles. The molecular weight excluding hydrogens is 242 g/mol. The minimum Gasteiger partial charge on any atom is -0.398 e. The lowest BCUT2D eigenvalue weighted by Gasteiger charge is -2.28. The molecule has 1 aromatic heterocycles. The quantitative estimate of drug-likeness (QED) is 0.839. The molecule has 3 nitrogen and oxygen atoms in total. The molecule has 14 heavy (non-hydrogen) atoms. The summed E-state index contributed by atoms with van der Waals surface area (Å²) in [6.45, 7) is 2.18. The van der Waals surface area contributed by atoms with Gasteiger partial charge in [0.1, 0.15) is 5.82 Å². The molecule has 0 atom stereocenters. The number of aromatic nitrogens is 1. The molecule has 2 N–H and O–H groups in total. The summed E-state index contributed by atoms with van der Waals surface area (Å²) in [5.74, 6) is 0.990. The van der Waals surface area contributed by atoms with Crippen LogP contribution in [-0.2, 0) is 0 Å². The average Bonchev–Trinajstić information content (AvgIpc) is 2.23. The van der Waals surface area contributed by atoms with Crippen LogP contribution in [0.25, 0.3) is 0 Å². The molecule has 0 aliphatic carbocycles. The van der Waals surface area contributed by atoms with E-state index in [1.807, 2.05) is 6.07 Å². The molecule has 0 aromatic carbocycles. The summed E-state index contributed by atoms with van der Waals surface area (Å²) in [4.78, 5) is 6.66. The summed E-state index contributed by atoms with van der Waals surface area (Å²) in [6.07, 6.45) is 5.60. The van der Waals surface area contributed by atoms with Gasteiger partial charge in [-0.15, -0.1) is 0 Å². The van der Waals surface area contributed by atoms with Crippen LogP contribution in [0.1, 0.15) is 19.3 Å². The topological polar surface area (TPSA) is 42.1 Å². The van der Waals surface area contributed by atoms with Crippen LogP contribution < -0.4 is 10.6 Å². The van der Waals surface area contributed by atoms with Crippen LogP contribution in [0.5, 0.6) is 0 Å². The van der Waals surface area contributed by atoms with E-state index in [4.69, 9.17) is 5.73 Å². The first-order valence-corrected chi connectivity index (χ1v) is 5.73. The number of piperidine rings is 1. The summed E-state index contributed by atoms with van der Waals surface area (Å²) < 4.78 is 0.932. The van der Waals surface area contributed by atoms with Crippen molar-refractivity contribution in [2.24, 2.45) is 0 Å². The van der Waals surface area contributed by atoms with Gasteiger partial charge in [-0.2, -0.15) is 0 Å². The van der Waals surface area contributed by atoms with E-state index in [1.165, 1.54) is 19.3 Å². The zero-order chi connectivity index (χ0) is 9.97. The molecule has 2 heterocycles. The van der Waals surface area contributed by atoms with E-state index < -0.39 is 0 Å². The summed E-state index contributed by atoms with van der Waals surface area (Å²) in [5, 5.41) is 0. The Morgan fingerprint density at radius 1 is 1.29 bits per heavy atom. The molecule has 1 aliphatic rings. The van der Waals surface area contributed by atoms with Gasteiger partial charge in [-0.05, 0) is 41.3 Å². The minimum atomic E-state index is 0.764. The second kappa shape index (κ2) is 4.17. The second-order valence-electron chi connectivity index (χ2n) is 3.59. The van der Waals surface area contributed by atoms with Crippen LogP contribution >= 0.6 is 15.9 Å². The van der Waals surface area contributed by atoms with Crippen LogP contribution in [-0.4, -0.2) is 18.1 Å². The van der Waals surface area contributed by atoms with Crippen molar-refractivity contribution in [3.63, 3.8) is 0 Å². The maximum Gasteiger partial charge on any atom is 0.144 e. The van der Waals surface area contributed by atoms with Gasteiger partial charge in [0, 0.05) is 19.3 Å². The Morgan fingerprint density at radius 3 is 2.71 bits per heavy atom. The molecule has 0 spiro atoms. The van der Waals surface area contributed by atoms with Gasteiger partial charge >= 0.3 is 0 Å². The third-order valence-corrected chi connectivity index (χ3v) is 3.37. The van der Waals surface area contributed by atoms with Crippen molar-refractivity contribution in [2.75, 3.05) is 23.7 Å². The lowest BCUT2D eigenvalue weighted by molar-refractivity contribution is 0.573. The first-order valence-electron chi connectivity index (χ1n) is 4.94. The molecule has 4 heteroatoms. The zero-order valence-corrected chi connectivity index (χ0v) is 9.63. The number of pyridine rings is 1. The molecule has 0 bridgehead atoms. The third-order valence-electron chi connectivity index (χ3n) is 2.56. The predicted octanol–water partition coefficient (Wildman–Crippen LogP) is 2.42. The molecule has 1 fully saturated rings. The summed E-state index contributed by atoms with van der Waals surface area (Å²) in [7, 11) is 0. The fourth-order valence-electron chi connectivity index (χ4n) is 1.77. The van der Waals surface area contributed by atoms with Crippen molar-refractivity contribution in [3.05, 3.63) is 16.7 Å². The minimum absolute atomic E-state index is 0.764. The van der Waals surface area contributed by atoms with Crippen LogP contribution in [0.3, 0.4) is 0 Å². The SMILES string of the molecule is Nc1ccnc(N2CCCCC2)c1Br. The monoisotopic (exact) mass is 255 g/mol. The van der Waals surface area contributed by atoms with Crippen molar-refractivity contribution in [1.29, 1.82) is 0 Å². The van der Waals surface area contributed by atoms with Crippen LogP contribution in [0.4, 0.5) is 11.5 Å². The average molecular weight is 256 g/mol. The maximum atomic E-state index is 5.81. The Bertz CT molecular complexity index is 321. The first-order chi connectivity index (χ1) is 6.79. The lowest BCUT2D eigenvalue weighted by atomic mass is 10.1. The van der Waals surface area contributed by atoms with Gasteiger partial charge < -0.3 is 10.6 Å². The number of hydrogen-bond donors (Lipinski definition) is 1. The highest BCUT2D eigenvalue weighted by Crippen LogP contribution is 2.30. The summed E-state index contributed by atoms with van der Waals surface area (Å²) in [6, 6.07) is 1.82. The number of nitrogen functional groups attached to an aromatic ring is 1. The molecule has 2 rings (SSSR count). The van der Waals surface area contributed by atoms with Crippen LogP contribution in [0.15, 0.2) is 16.7 Å². The van der Waals surface area contributed by atoms with E-state index in [-0.39, 0.29) is 0 Å². The Labute approximate surface area is 92.4 Å². The molecule has 76 valence electrons. The van der Waals surface area contributed by atoms with E-state index in [1.54, 1.807) is 6.20 Å². The number of halogens is 1. The van der Waals surface area contributed by atoms with E-state index in [9.17, 15) is 0 Å². The van der Waals surface area contributed by atoms with Crippen molar-refractivity contribution in [2.45, 2.75) is 19.3 Å². The highest BCUT2D eigenvalue weighted by atomic mass is 79.9. The summed E-state index contributed by atoms with van der Waals surface area (Å²) >= 11 is 3.49. The number of hydrogen-bond acceptors (Lipinski definition) is 3. The van der Waals surface area contributed by atoms with Crippen molar-refractivity contribution < 1.29 is 0 Å². The molecule has 1 aromatic rings. The Morgan fingerprint density at radius 2 is 2.00 bits per heavy atom. The van der Waals surface area contributed by atoms with E-state index in [0.717, 1.165) is 29.1 Å². The molecular formula is C10H14BrN3. The van der Waals surface area contributed by atoms with Crippen molar-refractivity contribution in [1.82, 2.24) is 4.98 Å². The van der Waals surface area contributed by atoms with Crippen molar-refractivity contribution >= 4 is 27.4 Å². The molecule has 0 amide bonds. The van der Waals surface area contributed by atoms with Gasteiger partial charge in [-0.25, -0.2) is 4.98 Å². The largest absolute Gasteiger partial charge is 0.398 e. The number of rotatable bonds is 1. The van der Waals surface area contributed by atoms with Crippen LogP contribution in [0.2, 0.25) is 0 Å². The van der Waals surface area contributed by atoms with Crippen molar-refractivity contribution in [3.8, 4) is 0 Å². The maximum absolute atomic E-state index is 5.81. The number of anilines is 2. The van der Waals surface area contributed by atoms with Gasteiger partial charge in [-0.3, -0.25) is 0 Å². The highest BCUT2D eigenvalue weighted by Gasteiger charge is 2.15. The molecule has 1 aliphatic heterocycles. The van der Waals surface area contributed by atoms with Gasteiger partial charge in [0.2, 0.25) is 0 Å². The number of nitrogens with two attached hydrogens (primary N) is 1. The normalized spacial score (nSPS) is 17.1. The smallest absolute Gasteiger partial charge is 0.144 e. The Hall–Kier alpha value is -0.770. The van der Waals surface area contributed by atoms with E-state index in [0.29, 0.717) is 0 Å². The van der Waals surface area contributed by atoms with E-state index in [2.05, 4.69) is 25.8 Å². The fourth-order valence-corrected chi connectivity index (χ4v) is 2.26.